The maximum atomic E-state index is 15.0. The molecule has 0 saturated heterocycles. The van der Waals surface area contributed by atoms with Gasteiger partial charge in [0.05, 0.1) is 5.92 Å². The zero-order valence-corrected chi connectivity index (χ0v) is 25.6. The molecular formula is C37H44O4. The van der Waals surface area contributed by atoms with E-state index in [1.54, 1.807) is 0 Å². The molecule has 41 heavy (non-hydrogen) atoms. The lowest BCUT2D eigenvalue weighted by atomic mass is 9.29. The molecule has 0 aliphatic heterocycles. The molecule has 8 aliphatic carbocycles. The fraction of sp³-hybridized carbons (Fsp3) is 0.676. The number of hydrogen-bond donors (Lipinski definition) is 0. The first-order valence-electron chi connectivity index (χ1n) is 16.0. The van der Waals surface area contributed by atoms with E-state index in [1.807, 2.05) is 18.6 Å². The summed E-state index contributed by atoms with van der Waals surface area (Å²) in [5.74, 6) is 0.951. The predicted octanol–water partition coefficient (Wildman–Crippen LogP) is 6.94. The summed E-state index contributed by atoms with van der Waals surface area (Å²) in [5.41, 5.74) is -0.509. The fourth-order valence-corrected chi connectivity index (χ4v) is 12.9. The van der Waals surface area contributed by atoms with Crippen molar-refractivity contribution >= 4 is 23.6 Å². The summed E-state index contributed by atoms with van der Waals surface area (Å²) < 4.78 is 0. The standard InChI is InChI=1S/C37H44O4/c1-30(2)11-14-35(29(41)22-7-8-22)15-12-32(4)27(37(35,20-30)24-9-10-24)25(39)17-26-31(32,3)13-16-36-21-34(36,6)28(40)23(19-38)18-33(26,36)5/h7-10,17,19,23,27H,11-16,18,20-21H2,1-6H3/t23?,27-,31+,32+,33+,34?,35+,36?,37+/m0/s1. The first kappa shape index (κ1) is 26.5. The summed E-state index contributed by atoms with van der Waals surface area (Å²) in [6, 6.07) is 0. The van der Waals surface area contributed by atoms with Gasteiger partial charge in [-0.15, -0.1) is 0 Å². The van der Waals surface area contributed by atoms with Crippen molar-refractivity contribution in [3.63, 3.8) is 0 Å². The lowest BCUT2D eigenvalue weighted by Crippen LogP contribution is -2.70. The largest absolute Gasteiger partial charge is 0.303 e. The second kappa shape index (κ2) is 7.16. The van der Waals surface area contributed by atoms with Gasteiger partial charge in [-0.25, -0.2) is 0 Å². The minimum Gasteiger partial charge on any atom is -0.303 e. The van der Waals surface area contributed by atoms with E-state index < -0.39 is 22.2 Å². The molecule has 1 spiro atoms. The van der Waals surface area contributed by atoms with Gasteiger partial charge in [-0.1, -0.05) is 65.3 Å². The molecule has 9 atom stereocenters. The van der Waals surface area contributed by atoms with Crippen molar-refractivity contribution in [2.24, 2.45) is 55.2 Å². The Morgan fingerprint density at radius 1 is 0.854 bits per heavy atom. The number of fused-ring (bicyclic) bond motifs is 6. The van der Waals surface area contributed by atoms with Crippen LogP contribution < -0.4 is 0 Å². The van der Waals surface area contributed by atoms with Crippen molar-refractivity contribution in [2.45, 2.75) is 99.3 Å². The van der Waals surface area contributed by atoms with Crippen molar-refractivity contribution in [3.05, 3.63) is 47.8 Å². The number of carbonyl (C=O) groups excluding carboxylic acids is 4. The highest BCUT2D eigenvalue weighted by Gasteiger charge is 2.84. The van der Waals surface area contributed by atoms with Crippen LogP contribution in [-0.4, -0.2) is 23.6 Å². The molecule has 0 heterocycles. The van der Waals surface area contributed by atoms with Gasteiger partial charge in [-0.3, -0.25) is 14.4 Å². The predicted molar refractivity (Wildman–Crippen MR) is 156 cm³/mol. The number of carbonyl (C=O) groups is 4. The number of aldehydes is 1. The van der Waals surface area contributed by atoms with Crippen LogP contribution in [0.1, 0.15) is 99.3 Å². The molecule has 8 aliphatic rings. The van der Waals surface area contributed by atoms with E-state index in [9.17, 15) is 14.4 Å². The van der Waals surface area contributed by atoms with E-state index in [0.29, 0.717) is 6.42 Å². The average Bonchev–Trinajstić information content (AvgIpc) is 3.78. The highest BCUT2D eigenvalue weighted by atomic mass is 16.1. The van der Waals surface area contributed by atoms with Crippen molar-refractivity contribution in [1.29, 1.82) is 0 Å². The number of rotatable bonds is 4. The summed E-state index contributed by atoms with van der Waals surface area (Å²) in [6.45, 7) is 13.8. The Morgan fingerprint density at radius 3 is 2.17 bits per heavy atom. The maximum absolute atomic E-state index is 15.0. The minimum atomic E-state index is -0.596. The first-order chi connectivity index (χ1) is 19.1. The summed E-state index contributed by atoms with van der Waals surface area (Å²) in [7, 11) is 0. The van der Waals surface area contributed by atoms with E-state index in [-0.39, 0.29) is 50.3 Å². The van der Waals surface area contributed by atoms with Crippen LogP contribution in [-0.2, 0) is 19.2 Å². The van der Waals surface area contributed by atoms with Gasteiger partial charge in [0.25, 0.3) is 0 Å². The maximum Gasteiger partial charge on any atom is 0.165 e. The average molecular weight is 553 g/mol. The van der Waals surface area contributed by atoms with E-state index in [2.05, 4.69) is 53.7 Å². The van der Waals surface area contributed by atoms with E-state index in [1.165, 1.54) is 11.5 Å². The highest BCUT2D eigenvalue weighted by Crippen LogP contribution is 2.87. The molecule has 5 saturated carbocycles. The molecule has 8 rings (SSSR count). The van der Waals surface area contributed by atoms with E-state index in [0.717, 1.165) is 63.2 Å². The number of ketones is 3. The van der Waals surface area contributed by atoms with Gasteiger partial charge in [0.15, 0.2) is 11.6 Å². The van der Waals surface area contributed by atoms with Crippen molar-refractivity contribution in [3.8, 4) is 0 Å². The Bertz CT molecular complexity index is 1450. The summed E-state index contributed by atoms with van der Waals surface area (Å²) in [6.07, 6.45) is 18.8. The molecule has 0 bridgehead atoms. The molecule has 0 amide bonds. The zero-order valence-electron chi connectivity index (χ0n) is 25.6. The highest BCUT2D eigenvalue weighted by molar-refractivity contribution is 6.09. The van der Waals surface area contributed by atoms with Gasteiger partial charge in [0.2, 0.25) is 0 Å². The Balaban J connectivity index is 1.34. The smallest absolute Gasteiger partial charge is 0.165 e. The summed E-state index contributed by atoms with van der Waals surface area (Å²) in [4.78, 5) is 55.1. The molecule has 3 unspecified atom stereocenters. The van der Waals surface area contributed by atoms with Gasteiger partial charge >= 0.3 is 0 Å². The molecule has 0 aromatic rings. The van der Waals surface area contributed by atoms with Crippen LogP contribution in [0.25, 0.3) is 0 Å². The Morgan fingerprint density at radius 2 is 1.54 bits per heavy atom. The molecule has 0 N–H and O–H groups in total. The topological polar surface area (TPSA) is 68.3 Å². The molecule has 216 valence electrons. The van der Waals surface area contributed by atoms with Crippen LogP contribution in [0.5, 0.6) is 0 Å². The first-order valence-corrected chi connectivity index (χ1v) is 16.0. The molecule has 5 fully saturated rings. The lowest BCUT2D eigenvalue weighted by molar-refractivity contribution is -0.202. The third-order valence-electron chi connectivity index (χ3n) is 15.3. The fourth-order valence-electron chi connectivity index (χ4n) is 12.9. The van der Waals surface area contributed by atoms with Crippen LogP contribution in [0.4, 0.5) is 0 Å². The van der Waals surface area contributed by atoms with Crippen molar-refractivity contribution < 1.29 is 19.2 Å². The van der Waals surface area contributed by atoms with Crippen molar-refractivity contribution in [2.75, 3.05) is 0 Å². The van der Waals surface area contributed by atoms with Gasteiger partial charge in [-0.05, 0) is 90.9 Å². The molecule has 0 aromatic carbocycles. The summed E-state index contributed by atoms with van der Waals surface area (Å²) >= 11 is 0. The van der Waals surface area contributed by atoms with Gasteiger partial charge < -0.3 is 4.79 Å². The number of hydrogen-bond acceptors (Lipinski definition) is 4. The Hall–Kier alpha value is -2.10. The van der Waals surface area contributed by atoms with Gasteiger partial charge in [0.1, 0.15) is 12.1 Å². The number of allylic oxidation sites excluding steroid dienone is 6. The molecular weight excluding hydrogens is 508 g/mol. The van der Waals surface area contributed by atoms with Gasteiger partial charge in [0, 0.05) is 40.1 Å². The Kier molecular flexibility index (Phi) is 4.63. The molecule has 4 nitrogen and oxygen atoms in total. The quantitative estimate of drug-likeness (QED) is 0.280. The van der Waals surface area contributed by atoms with Crippen LogP contribution in [0.3, 0.4) is 0 Å². The SMILES string of the molecule is CC1(C)CC[C@]2(C(=O)C3=C[CH]3)CC[C@]3(C)[C@H](C(=O)C=C4[C@@]5(C)CC(C=O)C(=O)C6(C)CC65CC[C@]43C)[C@]2([C]2C=C2)C1. The monoisotopic (exact) mass is 552 g/mol. The molecule has 2 radical (unpaired) electrons. The zero-order chi connectivity index (χ0) is 29.2. The number of Topliss-reactive ketones (excluding diaryl/α,β-unsaturated/α-hetero) is 2. The van der Waals surface area contributed by atoms with Crippen LogP contribution in [0, 0.1) is 67.5 Å². The third kappa shape index (κ3) is 2.64. The van der Waals surface area contributed by atoms with E-state index >= 15 is 4.79 Å². The van der Waals surface area contributed by atoms with Gasteiger partial charge in [-0.2, -0.15) is 0 Å². The molecule has 0 aromatic heterocycles. The third-order valence-corrected chi connectivity index (χ3v) is 15.3. The Labute approximate surface area is 244 Å². The molecule has 4 heteroatoms. The minimum absolute atomic E-state index is 0.0332. The van der Waals surface area contributed by atoms with Crippen LogP contribution in [0.15, 0.2) is 35.5 Å². The van der Waals surface area contributed by atoms with E-state index in [4.69, 9.17) is 0 Å². The second-order valence-corrected chi connectivity index (χ2v) is 17.2. The second-order valence-electron chi connectivity index (χ2n) is 17.2. The normalized spacial score (nSPS) is 53.9. The lowest BCUT2D eigenvalue weighted by Gasteiger charge is -2.73. The van der Waals surface area contributed by atoms with Crippen LogP contribution in [0.2, 0.25) is 0 Å². The van der Waals surface area contributed by atoms with Crippen molar-refractivity contribution in [1.82, 2.24) is 0 Å². The summed E-state index contributed by atoms with van der Waals surface area (Å²) in [5, 5.41) is 0. The van der Waals surface area contributed by atoms with Crippen LogP contribution >= 0.6 is 0 Å².